The first-order chi connectivity index (χ1) is 20.2. The second-order valence-electron chi connectivity index (χ2n) is 10.4. The molecule has 2 aromatic heterocycles. The third-order valence-electron chi connectivity index (χ3n) is 7.97. The number of hydrogen-bond donors (Lipinski definition) is 3. The molecule has 2 aromatic carbocycles. The molecule has 42 heavy (non-hydrogen) atoms. The molecule has 1 aliphatic carbocycles. The van der Waals surface area contributed by atoms with Gasteiger partial charge in [0.2, 0.25) is 0 Å². The molecule has 1 amide bonds. The van der Waals surface area contributed by atoms with Crippen molar-refractivity contribution in [3.63, 3.8) is 0 Å². The largest absolute Gasteiger partial charge is 0.496 e. The van der Waals surface area contributed by atoms with E-state index < -0.39 is 17.9 Å². The van der Waals surface area contributed by atoms with Gasteiger partial charge in [-0.15, -0.1) is 11.3 Å². The van der Waals surface area contributed by atoms with Crippen LogP contribution in [-0.2, 0) is 6.54 Å². The van der Waals surface area contributed by atoms with Crippen LogP contribution in [0.15, 0.2) is 48.7 Å². The van der Waals surface area contributed by atoms with Gasteiger partial charge in [0, 0.05) is 30.4 Å². The van der Waals surface area contributed by atoms with Crippen LogP contribution < -0.4 is 15.4 Å². The fourth-order valence-electron chi connectivity index (χ4n) is 5.60. The normalized spacial score (nSPS) is 17.8. The highest BCUT2D eigenvalue weighted by atomic mass is 35.5. The Morgan fingerprint density at radius 1 is 1.12 bits per heavy atom. The number of aliphatic hydroxyl groups is 1. The van der Waals surface area contributed by atoms with Gasteiger partial charge in [-0.3, -0.25) is 15.1 Å². The lowest BCUT2D eigenvalue weighted by Gasteiger charge is -2.37. The SMILES string of the molecule is CNC1CCC(N(Cc2cc(-c3ccnc(C(O)NC)c3)ccc2OC)C(=O)c2sc3c(F)ccc(F)c3c2Cl)CC1. The van der Waals surface area contributed by atoms with Crippen LogP contribution in [0, 0.1) is 11.6 Å². The molecule has 1 atom stereocenters. The highest BCUT2D eigenvalue weighted by Gasteiger charge is 2.33. The van der Waals surface area contributed by atoms with Gasteiger partial charge >= 0.3 is 0 Å². The first kappa shape index (κ1) is 30.3. The number of nitrogens with one attached hydrogen (secondary N) is 2. The number of halogens is 3. The fourth-order valence-corrected chi connectivity index (χ4v) is 7.10. The Hall–Kier alpha value is -3.15. The van der Waals surface area contributed by atoms with Gasteiger partial charge in [0.1, 0.15) is 28.5 Å². The van der Waals surface area contributed by atoms with Crippen molar-refractivity contribution in [2.45, 2.75) is 50.5 Å². The van der Waals surface area contributed by atoms with Gasteiger partial charge in [0.05, 0.1) is 27.9 Å². The van der Waals surface area contributed by atoms with E-state index >= 15 is 0 Å². The molecule has 1 fully saturated rings. The molecule has 4 aromatic rings. The zero-order chi connectivity index (χ0) is 30.0. The summed E-state index contributed by atoms with van der Waals surface area (Å²) in [6, 6.07) is 11.7. The maximum Gasteiger partial charge on any atom is 0.266 e. The van der Waals surface area contributed by atoms with Gasteiger partial charge in [0.15, 0.2) is 0 Å². The summed E-state index contributed by atoms with van der Waals surface area (Å²) in [5.41, 5.74) is 2.93. The fraction of sp³-hybridized carbons (Fsp3) is 0.355. The van der Waals surface area contributed by atoms with E-state index in [1.165, 1.54) is 0 Å². The van der Waals surface area contributed by atoms with Crippen molar-refractivity contribution >= 4 is 38.9 Å². The van der Waals surface area contributed by atoms with Crippen molar-refractivity contribution in [2.24, 2.45) is 0 Å². The molecule has 222 valence electrons. The Morgan fingerprint density at radius 3 is 2.50 bits per heavy atom. The Kier molecular flexibility index (Phi) is 9.39. The van der Waals surface area contributed by atoms with E-state index in [1.807, 2.05) is 31.3 Å². The standard InChI is InChI=1S/C31H33ClF2N4O3S/c1-35-20-5-7-21(8-6-20)38(31(40)29-27(32)26-22(33)9-10-23(34)28(26)42-29)16-19-14-17(4-11-25(19)41-3)18-12-13-37-24(15-18)30(39)36-2/h4,9-15,20-21,30,35-36,39H,5-8,16H2,1-3H3. The third kappa shape index (κ3) is 6.00. The van der Waals surface area contributed by atoms with Gasteiger partial charge in [0.25, 0.3) is 5.91 Å². The van der Waals surface area contributed by atoms with E-state index in [-0.39, 0.29) is 38.5 Å². The van der Waals surface area contributed by atoms with E-state index in [9.17, 15) is 18.7 Å². The van der Waals surface area contributed by atoms with Crippen LogP contribution in [0.5, 0.6) is 5.75 Å². The number of aromatic nitrogens is 1. The third-order valence-corrected chi connectivity index (χ3v) is 9.65. The van der Waals surface area contributed by atoms with E-state index in [1.54, 1.807) is 31.3 Å². The maximum absolute atomic E-state index is 14.7. The molecular formula is C31H33ClF2N4O3S. The predicted molar refractivity (Wildman–Crippen MR) is 162 cm³/mol. The van der Waals surface area contributed by atoms with Gasteiger partial charge in [-0.2, -0.15) is 0 Å². The predicted octanol–water partition coefficient (Wildman–Crippen LogP) is 6.29. The number of hydrogen-bond acceptors (Lipinski definition) is 7. The highest BCUT2D eigenvalue weighted by molar-refractivity contribution is 7.21. The number of rotatable bonds is 9. The minimum Gasteiger partial charge on any atom is -0.496 e. The summed E-state index contributed by atoms with van der Waals surface area (Å²) in [5, 5.41) is 16.2. The molecule has 1 aliphatic rings. The van der Waals surface area contributed by atoms with E-state index in [2.05, 4.69) is 15.6 Å². The van der Waals surface area contributed by atoms with Crippen LogP contribution in [0.2, 0.25) is 5.02 Å². The summed E-state index contributed by atoms with van der Waals surface area (Å²) in [6.45, 7) is 0.206. The first-order valence-corrected chi connectivity index (χ1v) is 15.0. The summed E-state index contributed by atoms with van der Waals surface area (Å²) in [6.07, 6.45) is 4.02. The number of pyridine rings is 1. The zero-order valence-electron chi connectivity index (χ0n) is 23.6. The second-order valence-corrected chi connectivity index (χ2v) is 11.8. The molecule has 2 heterocycles. The van der Waals surface area contributed by atoms with Crippen LogP contribution in [0.3, 0.4) is 0 Å². The number of nitrogens with zero attached hydrogens (tertiary/aromatic N) is 2. The first-order valence-electron chi connectivity index (χ1n) is 13.8. The smallest absolute Gasteiger partial charge is 0.266 e. The monoisotopic (exact) mass is 614 g/mol. The summed E-state index contributed by atoms with van der Waals surface area (Å²) in [5.74, 6) is -1.05. The molecule has 11 heteroatoms. The highest BCUT2D eigenvalue weighted by Crippen LogP contribution is 2.40. The number of carbonyl (C=O) groups excluding carboxylic acids is 1. The van der Waals surface area contributed by atoms with E-state index in [4.69, 9.17) is 16.3 Å². The second kappa shape index (κ2) is 13.0. The van der Waals surface area contributed by atoms with Gasteiger partial charge in [-0.25, -0.2) is 8.78 Å². The van der Waals surface area contributed by atoms with E-state index in [0.717, 1.165) is 65.8 Å². The molecule has 0 saturated heterocycles. The van der Waals surface area contributed by atoms with Crippen molar-refractivity contribution in [3.05, 3.63) is 81.5 Å². The molecular weight excluding hydrogens is 582 g/mol. The molecule has 0 bridgehead atoms. The van der Waals surface area contributed by atoms with Crippen LogP contribution in [0.1, 0.15) is 52.8 Å². The van der Waals surface area contributed by atoms with Crippen LogP contribution in [0.4, 0.5) is 8.78 Å². The summed E-state index contributed by atoms with van der Waals surface area (Å²) >= 11 is 7.45. The molecule has 1 saturated carbocycles. The lowest BCUT2D eigenvalue weighted by atomic mass is 9.89. The number of amides is 1. The van der Waals surface area contributed by atoms with Crippen LogP contribution >= 0.6 is 22.9 Å². The van der Waals surface area contributed by atoms with E-state index in [0.29, 0.717) is 17.5 Å². The van der Waals surface area contributed by atoms with Crippen molar-refractivity contribution < 1.29 is 23.4 Å². The topological polar surface area (TPSA) is 86.7 Å². The Balaban J connectivity index is 1.55. The molecule has 0 aliphatic heterocycles. The molecule has 5 rings (SSSR count). The zero-order valence-corrected chi connectivity index (χ0v) is 25.2. The number of methoxy groups -OCH3 is 1. The van der Waals surface area contributed by atoms with Gasteiger partial charge < -0.3 is 20.1 Å². The lowest BCUT2D eigenvalue weighted by molar-refractivity contribution is 0.0604. The maximum atomic E-state index is 14.7. The Labute approximate surface area is 252 Å². The van der Waals surface area contributed by atoms with Crippen molar-refractivity contribution in [1.29, 1.82) is 0 Å². The van der Waals surface area contributed by atoms with Gasteiger partial charge in [-0.05, 0) is 87.3 Å². The Morgan fingerprint density at radius 2 is 1.83 bits per heavy atom. The number of benzene rings is 2. The lowest BCUT2D eigenvalue weighted by Crippen LogP contribution is -2.44. The number of fused-ring (bicyclic) bond motifs is 1. The minimum atomic E-state index is -0.913. The van der Waals surface area contributed by atoms with Crippen LogP contribution in [-0.4, -0.2) is 54.2 Å². The molecule has 0 spiro atoms. The van der Waals surface area contributed by atoms with Crippen molar-refractivity contribution in [3.8, 4) is 16.9 Å². The summed E-state index contributed by atoms with van der Waals surface area (Å²) in [7, 11) is 5.15. The number of thiophene rings is 1. The van der Waals surface area contributed by atoms with Crippen molar-refractivity contribution in [2.75, 3.05) is 21.2 Å². The number of aliphatic hydroxyl groups excluding tert-OH is 1. The van der Waals surface area contributed by atoms with Gasteiger partial charge in [-0.1, -0.05) is 17.7 Å². The Bertz CT molecular complexity index is 1590. The molecule has 0 radical (unpaired) electrons. The molecule has 1 unspecified atom stereocenters. The average Bonchev–Trinajstić information content (AvgIpc) is 3.39. The number of ether oxygens (including phenoxy) is 1. The van der Waals surface area contributed by atoms with Crippen molar-refractivity contribution in [1.82, 2.24) is 20.5 Å². The molecule has 3 N–H and O–H groups in total. The summed E-state index contributed by atoms with van der Waals surface area (Å²) < 4.78 is 35.0. The minimum absolute atomic E-state index is 0.0269. The average molecular weight is 615 g/mol. The quantitative estimate of drug-likeness (QED) is 0.192. The van der Waals surface area contributed by atoms with Crippen LogP contribution in [0.25, 0.3) is 21.2 Å². The number of carbonyl (C=O) groups is 1. The summed E-state index contributed by atoms with van der Waals surface area (Å²) in [4.78, 5) is 20.4. The molecule has 7 nitrogen and oxygen atoms in total.